The summed E-state index contributed by atoms with van der Waals surface area (Å²) in [6.07, 6.45) is 6.82. The number of hydrogen-bond acceptors (Lipinski definition) is 0. The zero-order valence-corrected chi connectivity index (χ0v) is 11.0. The summed E-state index contributed by atoms with van der Waals surface area (Å²) in [5.74, 6) is 2.26. The SMILES string of the molecule is CCCCCCC(C)[C](C)c1ccccc1. The summed E-state index contributed by atoms with van der Waals surface area (Å²) in [6, 6.07) is 10.8. The van der Waals surface area contributed by atoms with Crippen molar-refractivity contribution in [3.8, 4) is 0 Å². The zero-order chi connectivity index (χ0) is 11.8. The van der Waals surface area contributed by atoms with Crippen LogP contribution in [0.1, 0.15) is 58.4 Å². The first-order valence-corrected chi connectivity index (χ1v) is 6.64. The highest BCUT2D eigenvalue weighted by Crippen LogP contribution is 2.26. The van der Waals surface area contributed by atoms with Crippen molar-refractivity contribution in [1.82, 2.24) is 0 Å². The first kappa shape index (κ1) is 13.3. The molecule has 0 aliphatic carbocycles. The molecule has 0 amide bonds. The van der Waals surface area contributed by atoms with Crippen molar-refractivity contribution in [2.75, 3.05) is 0 Å². The van der Waals surface area contributed by atoms with Crippen LogP contribution >= 0.6 is 0 Å². The minimum absolute atomic E-state index is 0.722. The molecule has 1 rings (SSSR count). The van der Waals surface area contributed by atoms with Gasteiger partial charge in [0.2, 0.25) is 0 Å². The molecule has 0 saturated carbocycles. The van der Waals surface area contributed by atoms with Gasteiger partial charge in [-0.2, -0.15) is 0 Å². The second-order valence-electron chi connectivity index (χ2n) is 4.80. The smallest absolute Gasteiger partial charge is 0.00470 e. The van der Waals surface area contributed by atoms with Crippen LogP contribution in [0.25, 0.3) is 0 Å². The van der Waals surface area contributed by atoms with E-state index in [4.69, 9.17) is 0 Å². The van der Waals surface area contributed by atoms with Crippen molar-refractivity contribution < 1.29 is 0 Å². The van der Waals surface area contributed by atoms with Gasteiger partial charge in [0.25, 0.3) is 0 Å². The third-order valence-electron chi connectivity index (χ3n) is 3.46. The Morgan fingerprint density at radius 2 is 1.75 bits per heavy atom. The third kappa shape index (κ3) is 4.38. The van der Waals surface area contributed by atoms with E-state index in [9.17, 15) is 0 Å². The van der Waals surface area contributed by atoms with Gasteiger partial charge in [0, 0.05) is 5.92 Å². The minimum Gasteiger partial charge on any atom is -0.0654 e. The largest absolute Gasteiger partial charge is 0.0654 e. The fraction of sp³-hybridized carbons (Fsp3) is 0.562. The number of benzene rings is 1. The van der Waals surface area contributed by atoms with E-state index in [1.54, 1.807) is 0 Å². The second-order valence-corrected chi connectivity index (χ2v) is 4.80. The van der Waals surface area contributed by atoms with Gasteiger partial charge in [0.05, 0.1) is 0 Å². The lowest BCUT2D eigenvalue weighted by molar-refractivity contribution is 0.512. The Morgan fingerprint density at radius 3 is 2.38 bits per heavy atom. The molecule has 0 saturated heterocycles. The van der Waals surface area contributed by atoms with Crippen LogP contribution in [0.2, 0.25) is 0 Å². The zero-order valence-electron chi connectivity index (χ0n) is 11.0. The van der Waals surface area contributed by atoms with Gasteiger partial charge < -0.3 is 0 Å². The molecule has 0 heterocycles. The maximum Gasteiger partial charge on any atom is 0.00470 e. The molecule has 0 spiro atoms. The van der Waals surface area contributed by atoms with Crippen molar-refractivity contribution >= 4 is 0 Å². The molecule has 0 aliphatic rings. The highest BCUT2D eigenvalue weighted by molar-refractivity contribution is 5.29. The topological polar surface area (TPSA) is 0 Å². The molecular weight excluding hydrogens is 192 g/mol. The molecule has 16 heavy (non-hydrogen) atoms. The maximum atomic E-state index is 2.36. The lowest BCUT2D eigenvalue weighted by Gasteiger charge is -2.19. The highest BCUT2D eigenvalue weighted by Gasteiger charge is 2.13. The molecule has 1 atom stereocenters. The van der Waals surface area contributed by atoms with Crippen LogP contribution in [0.15, 0.2) is 30.3 Å². The normalized spacial score (nSPS) is 13.0. The molecule has 1 unspecified atom stereocenters. The molecule has 1 radical (unpaired) electrons. The first-order chi connectivity index (χ1) is 7.75. The quantitative estimate of drug-likeness (QED) is 0.548. The molecule has 0 nitrogen and oxygen atoms in total. The molecule has 89 valence electrons. The molecule has 1 aromatic carbocycles. The molecule has 0 aromatic heterocycles. The molecule has 0 fully saturated rings. The van der Waals surface area contributed by atoms with Gasteiger partial charge in [-0.3, -0.25) is 0 Å². The summed E-state index contributed by atoms with van der Waals surface area (Å²) in [7, 11) is 0. The van der Waals surface area contributed by atoms with E-state index in [0.717, 1.165) is 5.92 Å². The molecule has 0 bridgehead atoms. The predicted molar refractivity (Wildman–Crippen MR) is 72.4 cm³/mol. The molecule has 0 aliphatic heterocycles. The van der Waals surface area contributed by atoms with Gasteiger partial charge in [-0.05, 0) is 17.9 Å². The van der Waals surface area contributed by atoms with Crippen LogP contribution in [-0.4, -0.2) is 0 Å². The van der Waals surface area contributed by atoms with Crippen molar-refractivity contribution in [2.24, 2.45) is 5.92 Å². The van der Waals surface area contributed by atoms with Crippen LogP contribution in [0.3, 0.4) is 0 Å². The summed E-state index contributed by atoms with van der Waals surface area (Å²) < 4.78 is 0. The van der Waals surface area contributed by atoms with E-state index >= 15 is 0 Å². The third-order valence-corrected chi connectivity index (χ3v) is 3.46. The number of rotatable bonds is 7. The Morgan fingerprint density at radius 1 is 1.06 bits per heavy atom. The Labute approximate surface area is 101 Å². The van der Waals surface area contributed by atoms with E-state index in [1.165, 1.54) is 43.6 Å². The first-order valence-electron chi connectivity index (χ1n) is 6.64. The Kier molecular flexibility index (Phi) is 6.22. The van der Waals surface area contributed by atoms with Crippen LogP contribution < -0.4 is 0 Å². The van der Waals surface area contributed by atoms with Gasteiger partial charge in [-0.15, -0.1) is 0 Å². The minimum atomic E-state index is 0.722. The number of hydrogen-bond donors (Lipinski definition) is 0. The van der Waals surface area contributed by atoms with Gasteiger partial charge >= 0.3 is 0 Å². The van der Waals surface area contributed by atoms with Crippen molar-refractivity contribution in [2.45, 2.75) is 52.9 Å². The summed E-state index contributed by atoms with van der Waals surface area (Å²) in [4.78, 5) is 0. The van der Waals surface area contributed by atoms with E-state index in [-0.39, 0.29) is 0 Å². The van der Waals surface area contributed by atoms with E-state index in [2.05, 4.69) is 51.1 Å². The van der Waals surface area contributed by atoms with Crippen LogP contribution in [-0.2, 0) is 0 Å². The molecule has 0 N–H and O–H groups in total. The summed E-state index contributed by atoms with van der Waals surface area (Å²) in [6.45, 7) is 6.90. The molecule has 1 aromatic rings. The lowest BCUT2D eigenvalue weighted by Crippen LogP contribution is -2.07. The average Bonchev–Trinajstić information content (AvgIpc) is 2.34. The Hall–Kier alpha value is -0.780. The Balaban J connectivity index is 2.33. The molecule has 0 heteroatoms. The maximum absolute atomic E-state index is 2.36. The monoisotopic (exact) mass is 217 g/mol. The lowest BCUT2D eigenvalue weighted by atomic mass is 9.85. The van der Waals surface area contributed by atoms with E-state index in [0.29, 0.717) is 0 Å². The van der Waals surface area contributed by atoms with E-state index < -0.39 is 0 Å². The number of unbranched alkanes of at least 4 members (excludes halogenated alkanes) is 3. The summed E-state index contributed by atoms with van der Waals surface area (Å²) in [5, 5.41) is 0. The fourth-order valence-electron chi connectivity index (χ4n) is 2.08. The van der Waals surface area contributed by atoms with Crippen molar-refractivity contribution in [1.29, 1.82) is 0 Å². The molecular formula is C16H25. The standard InChI is InChI=1S/C16H25/c1-4-5-6-8-11-14(2)15(3)16-12-9-7-10-13-16/h7,9-10,12-14H,4-6,8,11H2,1-3H3. The van der Waals surface area contributed by atoms with E-state index in [1.807, 2.05) is 0 Å². The summed E-state index contributed by atoms with van der Waals surface area (Å²) in [5.41, 5.74) is 1.41. The highest BCUT2D eigenvalue weighted by atomic mass is 14.2. The van der Waals surface area contributed by atoms with Gasteiger partial charge in [-0.1, -0.05) is 76.8 Å². The predicted octanol–water partition coefficient (Wildman–Crippen LogP) is 5.24. The van der Waals surface area contributed by atoms with Crippen LogP contribution in [0, 0.1) is 11.8 Å². The summed E-state index contributed by atoms with van der Waals surface area (Å²) >= 11 is 0. The van der Waals surface area contributed by atoms with Gasteiger partial charge in [0.1, 0.15) is 0 Å². The van der Waals surface area contributed by atoms with Gasteiger partial charge in [-0.25, -0.2) is 0 Å². The second kappa shape index (κ2) is 7.49. The van der Waals surface area contributed by atoms with Crippen LogP contribution in [0.5, 0.6) is 0 Å². The van der Waals surface area contributed by atoms with Crippen molar-refractivity contribution in [3.63, 3.8) is 0 Å². The van der Waals surface area contributed by atoms with Crippen LogP contribution in [0.4, 0.5) is 0 Å². The fourth-order valence-corrected chi connectivity index (χ4v) is 2.08. The Bertz CT molecular complexity index is 263. The average molecular weight is 217 g/mol. The van der Waals surface area contributed by atoms with Gasteiger partial charge in [0.15, 0.2) is 0 Å². The van der Waals surface area contributed by atoms with Crippen molar-refractivity contribution in [3.05, 3.63) is 41.8 Å².